The predicted molar refractivity (Wildman–Crippen MR) is 85.2 cm³/mol. The van der Waals surface area contributed by atoms with E-state index in [2.05, 4.69) is 24.1 Å². The average Bonchev–Trinajstić information content (AvgIpc) is 2.85. The minimum atomic E-state index is -0.103. The molecule has 0 aromatic heterocycles. The third kappa shape index (κ3) is 3.95. The molecule has 1 N–H and O–H groups in total. The van der Waals surface area contributed by atoms with E-state index in [1.807, 2.05) is 12.1 Å². The Hall–Kier alpha value is -1.13. The smallest absolute Gasteiger partial charge is 0.146 e. The molecule has 1 heterocycles. The normalized spacial score (nSPS) is 22.0. The molecule has 118 valence electrons. The van der Waals surface area contributed by atoms with Crippen LogP contribution in [0, 0.1) is 5.82 Å². The molecule has 21 heavy (non-hydrogen) atoms. The molecule has 2 rings (SSSR count). The number of rotatable bonds is 7. The Morgan fingerprint density at radius 1 is 1.38 bits per heavy atom. The van der Waals surface area contributed by atoms with E-state index in [4.69, 9.17) is 4.74 Å². The van der Waals surface area contributed by atoms with E-state index >= 15 is 0 Å². The van der Waals surface area contributed by atoms with Crippen LogP contribution in [0.5, 0.6) is 0 Å². The van der Waals surface area contributed by atoms with Crippen molar-refractivity contribution in [2.75, 3.05) is 25.2 Å². The van der Waals surface area contributed by atoms with E-state index in [-0.39, 0.29) is 5.82 Å². The van der Waals surface area contributed by atoms with Crippen molar-refractivity contribution in [3.05, 3.63) is 29.6 Å². The zero-order valence-electron chi connectivity index (χ0n) is 13.4. The Kier molecular flexibility index (Phi) is 6.00. The van der Waals surface area contributed by atoms with Gasteiger partial charge in [-0.15, -0.1) is 0 Å². The molecule has 0 radical (unpaired) electrons. The third-order valence-electron chi connectivity index (χ3n) is 4.36. The molecule has 4 heteroatoms. The standard InChI is InChI=1S/C17H27FN2O/c1-4-15-7-5-13(2)20(15)17-8-6-14(11-16(17)18)12-19-9-10-21-3/h6,8,11,13,15,19H,4-5,7,9-10,12H2,1-3H3. The second-order valence-electron chi connectivity index (χ2n) is 5.85. The van der Waals surface area contributed by atoms with Gasteiger partial charge in [0, 0.05) is 32.3 Å². The van der Waals surface area contributed by atoms with Crippen molar-refractivity contribution in [3.8, 4) is 0 Å². The first-order valence-electron chi connectivity index (χ1n) is 7.93. The molecule has 1 saturated heterocycles. The van der Waals surface area contributed by atoms with Gasteiger partial charge in [0.2, 0.25) is 0 Å². The van der Waals surface area contributed by atoms with Gasteiger partial charge in [0.15, 0.2) is 0 Å². The van der Waals surface area contributed by atoms with Crippen LogP contribution < -0.4 is 10.2 Å². The van der Waals surface area contributed by atoms with Crippen LogP contribution in [-0.4, -0.2) is 32.3 Å². The van der Waals surface area contributed by atoms with E-state index in [0.29, 0.717) is 25.2 Å². The largest absolute Gasteiger partial charge is 0.383 e. The molecule has 2 atom stereocenters. The molecule has 0 aliphatic carbocycles. The molecule has 0 bridgehead atoms. The van der Waals surface area contributed by atoms with Gasteiger partial charge in [-0.1, -0.05) is 13.0 Å². The molecule has 3 nitrogen and oxygen atoms in total. The van der Waals surface area contributed by atoms with Crippen molar-refractivity contribution < 1.29 is 9.13 Å². The van der Waals surface area contributed by atoms with Crippen molar-refractivity contribution in [1.29, 1.82) is 0 Å². The molecule has 1 aromatic carbocycles. The lowest BCUT2D eigenvalue weighted by molar-refractivity contribution is 0.199. The van der Waals surface area contributed by atoms with Crippen LogP contribution in [0.2, 0.25) is 0 Å². The van der Waals surface area contributed by atoms with E-state index in [1.54, 1.807) is 13.2 Å². The van der Waals surface area contributed by atoms with Gasteiger partial charge in [0.1, 0.15) is 5.82 Å². The number of nitrogens with one attached hydrogen (secondary N) is 1. The minimum Gasteiger partial charge on any atom is -0.383 e. The highest BCUT2D eigenvalue weighted by Crippen LogP contribution is 2.33. The van der Waals surface area contributed by atoms with Crippen LogP contribution >= 0.6 is 0 Å². The summed E-state index contributed by atoms with van der Waals surface area (Å²) in [7, 11) is 1.68. The molecule has 1 aromatic rings. The lowest BCUT2D eigenvalue weighted by Gasteiger charge is -2.30. The van der Waals surface area contributed by atoms with Crippen LogP contribution in [0.25, 0.3) is 0 Å². The van der Waals surface area contributed by atoms with Gasteiger partial charge in [-0.05, 0) is 43.9 Å². The van der Waals surface area contributed by atoms with Gasteiger partial charge in [-0.25, -0.2) is 4.39 Å². The monoisotopic (exact) mass is 294 g/mol. The maximum Gasteiger partial charge on any atom is 0.146 e. The van der Waals surface area contributed by atoms with Crippen LogP contribution in [0.4, 0.5) is 10.1 Å². The highest BCUT2D eigenvalue weighted by atomic mass is 19.1. The Morgan fingerprint density at radius 2 is 2.19 bits per heavy atom. The van der Waals surface area contributed by atoms with E-state index in [9.17, 15) is 4.39 Å². The highest BCUT2D eigenvalue weighted by molar-refractivity contribution is 5.52. The van der Waals surface area contributed by atoms with Crippen molar-refractivity contribution >= 4 is 5.69 Å². The summed E-state index contributed by atoms with van der Waals surface area (Å²) in [5.41, 5.74) is 1.74. The molecule has 1 aliphatic rings. The van der Waals surface area contributed by atoms with Gasteiger partial charge in [0.25, 0.3) is 0 Å². The number of ether oxygens (including phenoxy) is 1. The Labute approximate surface area is 127 Å². The fraction of sp³-hybridized carbons (Fsp3) is 0.647. The first-order valence-corrected chi connectivity index (χ1v) is 7.93. The maximum atomic E-state index is 14.5. The number of methoxy groups -OCH3 is 1. The molecular weight excluding hydrogens is 267 g/mol. The van der Waals surface area contributed by atoms with E-state index < -0.39 is 0 Å². The van der Waals surface area contributed by atoms with Gasteiger partial charge in [0.05, 0.1) is 12.3 Å². The Bertz CT molecular complexity index is 452. The summed E-state index contributed by atoms with van der Waals surface area (Å²) < 4.78 is 19.4. The molecular formula is C17H27FN2O. The van der Waals surface area contributed by atoms with E-state index in [1.165, 1.54) is 0 Å². The maximum absolute atomic E-state index is 14.5. The predicted octanol–water partition coefficient (Wildman–Crippen LogP) is 3.33. The number of anilines is 1. The fourth-order valence-corrected chi connectivity index (χ4v) is 3.18. The summed E-state index contributed by atoms with van der Waals surface area (Å²) in [4.78, 5) is 2.26. The molecule has 0 spiro atoms. The SMILES string of the molecule is CCC1CCC(C)N1c1ccc(CNCCOC)cc1F. The van der Waals surface area contributed by atoms with Gasteiger partial charge < -0.3 is 15.0 Å². The number of nitrogens with zero attached hydrogens (tertiary/aromatic N) is 1. The second-order valence-corrected chi connectivity index (χ2v) is 5.85. The first-order chi connectivity index (χ1) is 10.2. The summed E-state index contributed by atoms with van der Waals surface area (Å²) in [6.45, 7) is 6.50. The molecule has 2 unspecified atom stereocenters. The van der Waals surface area contributed by atoms with Crippen LogP contribution in [0.1, 0.15) is 38.7 Å². The summed E-state index contributed by atoms with van der Waals surface area (Å²) in [6.07, 6.45) is 3.39. The van der Waals surface area contributed by atoms with Gasteiger partial charge in [-0.3, -0.25) is 0 Å². The van der Waals surface area contributed by atoms with Crippen molar-refractivity contribution in [2.24, 2.45) is 0 Å². The Morgan fingerprint density at radius 3 is 2.86 bits per heavy atom. The highest BCUT2D eigenvalue weighted by Gasteiger charge is 2.30. The summed E-state index contributed by atoms with van der Waals surface area (Å²) in [5, 5.41) is 3.24. The molecule has 1 aliphatic heterocycles. The number of halogens is 1. The quantitative estimate of drug-likeness (QED) is 0.781. The summed E-state index contributed by atoms with van der Waals surface area (Å²) >= 11 is 0. The summed E-state index contributed by atoms with van der Waals surface area (Å²) in [5.74, 6) is -0.103. The molecule has 1 fully saturated rings. The topological polar surface area (TPSA) is 24.5 Å². The van der Waals surface area contributed by atoms with Crippen LogP contribution in [0.3, 0.4) is 0 Å². The van der Waals surface area contributed by atoms with Crippen molar-refractivity contribution in [2.45, 2.75) is 51.7 Å². The third-order valence-corrected chi connectivity index (χ3v) is 4.36. The van der Waals surface area contributed by atoms with E-state index in [0.717, 1.165) is 37.1 Å². The number of hydrogen-bond acceptors (Lipinski definition) is 3. The zero-order chi connectivity index (χ0) is 15.2. The first kappa shape index (κ1) is 16.2. The Balaban J connectivity index is 2.04. The molecule has 0 amide bonds. The van der Waals surface area contributed by atoms with Crippen LogP contribution in [0.15, 0.2) is 18.2 Å². The fourth-order valence-electron chi connectivity index (χ4n) is 3.18. The van der Waals surface area contributed by atoms with Crippen molar-refractivity contribution in [3.63, 3.8) is 0 Å². The summed E-state index contributed by atoms with van der Waals surface area (Å²) in [6, 6.07) is 6.52. The second kappa shape index (κ2) is 7.76. The van der Waals surface area contributed by atoms with Gasteiger partial charge in [-0.2, -0.15) is 0 Å². The lowest BCUT2D eigenvalue weighted by atomic mass is 10.1. The average molecular weight is 294 g/mol. The minimum absolute atomic E-state index is 0.103. The lowest BCUT2D eigenvalue weighted by Crippen LogP contribution is -2.34. The molecule has 0 saturated carbocycles. The number of hydrogen-bond donors (Lipinski definition) is 1. The zero-order valence-corrected chi connectivity index (χ0v) is 13.4. The van der Waals surface area contributed by atoms with Gasteiger partial charge >= 0.3 is 0 Å². The van der Waals surface area contributed by atoms with Crippen LogP contribution in [-0.2, 0) is 11.3 Å². The van der Waals surface area contributed by atoms with Crippen molar-refractivity contribution in [1.82, 2.24) is 5.32 Å². The number of benzene rings is 1.